The maximum Gasteiger partial charge on any atom is 0.345 e. The molecule has 0 spiro atoms. The number of esters is 1. The van der Waals surface area contributed by atoms with Crippen LogP contribution in [0.5, 0.6) is 5.75 Å². The van der Waals surface area contributed by atoms with E-state index in [1.54, 1.807) is 30.3 Å². The van der Waals surface area contributed by atoms with E-state index in [-0.39, 0.29) is 0 Å². The lowest BCUT2D eigenvalue weighted by atomic mass is 10.1. The zero-order chi connectivity index (χ0) is 16.9. The number of ether oxygens (including phenoxy) is 1. The van der Waals surface area contributed by atoms with Crippen LogP contribution >= 0.6 is 23.8 Å². The lowest BCUT2D eigenvalue weighted by Gasteiger charge is -2.29. The Morgan fingerprint density at radius 1 is 1.04 bits per heavy atom. The van der Waals surface area contributed by atoms with Crippen molar-refractivity contribution in [1.29, 1.82) is 0 Å². The van der Waals surface area contributed by atoms with Gasteiger partial charge < -0.3 is 9.64 Å². The van der Waals surface area contributed by atoms with Crippen molar-refractivity contribution in [2.45, 2.75) is 19.3 Å². The molecule has 124 valence electrons. The zero-order valence-electron chi connectivity index (χ0n) is 13.2. The Bertz CT molecular complexity index is 757. The largest absolute Gasteiger partial charge is 0.423 e. The summed E-state index contributed by atoms with van der Waals surface area (Å²) < 4.78 is 5.46. The van der Waals surface area contributed by atoms with Crippen molar-refractivity contribution in [2.24, 2.45) is 0 Å². The quantitative estimate of drug-likeness (QED) is 0.450. The molecule has 1 saturated heterocycles. The maximum atomic E-state index is 12.3. The minimum absolute atomic E-state index is 0.350. The maximum absolute atomic E-state index is 12.3. The Morgan fingerprint density at radius 3 is 2.54 bits per heavy atom. The summed E-state index contributed by atoms with van der Waals surface area (Å²) in [6.07, 6.45) is 3.59. The predicted octanol–water partition coefficient (Wildman–Crippen LogP) is 4.72. The molecule has 24 heavy (non-hydrogen) atoms. The molecule has 0 aromatic heterocycles. The number of halogens is 1. The van der Waals surface area contributed by atoms with Crippen LogP contribution in [-0.4, -0.2) is 28.9 Å². The van der Waals surface area contributed by atoms with Crippen molar-refractivity contribution in [1.82, 2.24) is 4.90 Å². The summed E-state index contributed by atoms with van der Waals surface area (Å²) in [5, 5.41) is 0.377. The Balaban J connectivity index is 1.74. The van der Waals surface area contributed by atoms with Gasteiger partial charge in [-0.1, -0.05) is 48.1 Å². The number of benzene rings is 2. The monoisotopic (exact) mass is 359 g/mol. The molecule has 0 radical (unpaired) electrons. The summed E-state index contributed by atoms with van der Waals surface area (Å²) in [4.78, 5) is 15.3. The number of hydrogen-bond acceptors (Lipinski definition) is 3. The highest BCUT2D eigenvalue weighted by atomic mass is 35.5. The molecule has 0 atom stereocenters. The Labute approximate surface area is 152 Å². The fraction of sp³-hybridized carbons (Fsp3) is 0.263. The molecule has 1 heterocycles. The second-order valence-electron chi connectivity index (χ2n) is 5.75. The Kier molecular flexibility index (Phi) is 5.48. The first-order valence-electron chi connectivity index (χ1n) is 8.01. The summed E-state index contributed by atoms with van der Waals surface area (Å²) in [7, 11) is 0. The molecule has 3 nitrogen and oxygen atoms in total. The summed E-state index contributed by atoms with van der Waals surface area (Å²) in [5.74, 6) is -0.00146. The second-order valence-corrected chi connectivity index (χ2v) is 6.54. The van der Waals surface area contributed by atoms with E-state index >= 15 is 0 Å². The lowest BCUT2D eigenvalue weighted by molar-refractivity contribution is 0.0735. The molecule has 3 rings (SSSR count). The van der Waals surface area contributed by atoms with Crippen LogP contribution in [0.1, 0.15) is 35.2 Å². The zero-order valence-corrected chi connectivity index (χ0v) is 14.8. The van der Waals surface area contributed by atoms with Gasteiger partial charge in [0.05, 0.1) is 10.6 Å². The number of carbonyl (C=O) groups is 1. The predicted molar refractivity (Wildman–Crippen MR) is 100.0 cm³/mol. The highest BCUT2D eigenvalue weighted by Crippen LogP contribution is 2.21. The molecule has 0 aliphatic carbocycles. The Hall–Kier alpha value is -1.91. The summed E-state index contributed by atoms with van der Waals surface area (Å²) >= 11 is 11.6. The van der Waals surface area contributed by atoms with E-state index in [4.69, 9.17) is 28.6 Å². The van der Waals surface area contributed by atoms with E-state index in [1.165, 1.54) is 19.3 Å². The molecular formula is C19H18ClNO2S. The van der Waals surface area contributed by atoms with E-state index < -0.39 is 5.97 Å². The van der Waals surface area contributed by atoms with Crippen LogP contribution in [-0.2, 0) is 0 Å². The number of hydrogen-bond donors (Lipinski definition) is 0. The first kappa shape index (κ1) is 16.9. The average molecular weight is 360 g/mol. The van der Waals surface area contributed by atoms with Crippen molar-refractivity contribution in [2.75, 3.05) is 13.1 Å². The highest BCUT2D eigenvalue weighted by Gasteiger charge is 2.16. The van der Waals surface area contributed by atoms with Crippen molar-refractivity contribution in [3.8, 4) is 5.75 Å². The molecular weight excluding hydrogens is 342 g/mol. The number of carbonyl (C=O) groups excluding carboxylic acids is 1. The number of nitrogens with zero attached hydrogens (tertiary/aromatic N) is 1. The molecule has 1 aliphatic rings. The first-order chi connectivity index (χ1) is 11.6. The van der Waals surface area contributed by atoms with Gasteiger partial charge in [0, 0.05) is 18.7 Å². The van der Waals surface area contributed by atoms with Gasteiger partial charge in [-0.05, 0) is 43.5 Å². The normalized spacial score (nSPS) is 14.3. The second kappa shape index (κ2) is 7.77. The van der Waals surface area contributed by atoms with Gasteiger partial charge in [0.25, 0.3) is 0 Å². The molecule has 1 aliphatic heterocycles. The topological polar surface area (TPSA) is 29.5 Å². The smallest absolute Gasteiger partial charge is 0.345 e. The standard InChI is InChI=1S/C19H18ClNO2S/c20-17-10-3-2-9-16(17)19(22)23-15-8-6-7-14(13-15)18(24)21-11-4-1-5-12-21/h2-3,6-10,13H,1,4-5,11-12H2. The van der Waals surface area contributed by atoms with Gasteiger partial charge in [0.1, 0.15) is 10.7 Å². The van der Waals surface area contributed by atoms with Crippen LogP contribution in [0.25, 0.3) is 0 Å². The molecule has 2 aromatic carbocycles. The van der Waals surface area contributed by atoms with Crippen LogP contribution in [0, 0.1) is 0 Å². The third-order valence-corrected chi connectivity index (χ3v) is 4.85. The van der Waals surface area contributed by atoms with Crippen molar-refractivity contribution in [3.63, 3.8) is 0 Å². The summed E-state index contributed by atoms with van der Waals surface area (Å²) in [6.45, 7) is 1.98. The highest BCUT2D eigenvalue weighted by molar-refractivity contribution is 7.80. The molecule has 0 bridgehead atoms. The average Bonchev–Trinajstić information content (AvgIpc) is 2.62. The van der Waals surface area contributed by atoms with Crippen LogP contribution < -0.4 is 4.74 Å². The van der Waals surface area contributed by atoms with Gasteiger partial charge in [-0.2, -0.15) is 0 Å². The van der Waals surface area contributed by atoms with Crippen LogP contribution in [0.3, 0.4) is 0 Å². The fourth-order valence-electron chi connectivity index (χ4n) is 2.76. The van der Waals surface area contributed by atoms with Crippen molar-refractivity contribution < 1.29 is 9.53 Å². The number of likely N-dealkylation sites (tertiary alicyclic amines) is 1. The van der Waals surface area contributed by atoms with Crippen molar-refractivity contribution in [3.05, 3.63) is 64.7 Å². The molecule has 0 N–H and O–H groups in total. The number of rotatable bonds is 3. The van der Waals surface area contributed by atoms with Gasteiger partial charge in [0.2, 0.25) is 0 Å². The minimum atomic E-state index is -0.471. The third kappa shape index (κ3) is 3.94. The van der Waals surface area contributed by atoms with E-state index in [0.717, 1.165) is 23.6 Å². The van der Waals surface area contributed by atoms with Crippen molar-refractivity contribution >= 4 is 34.8 Å². The van der Waals surface area contributed by atoms with Gasteiger partial charge in [-0.25, -0.2) is 4.79 Å². The van der Waals surface area contributed by atoms with Crippen LogP contribution in [0.4, 0.5) is 0 Å². The lowest BCUT2D eigenvalue weighted by Crippen LogP contribution is -2.34. The fourth-order valence-corrected chi connectivity index (χ4v) is 3.28. The summed E-state index contributed by atoms with van der Waals surface area (Å²) in [6, 6.07) is 14.2. The molecule has 1 fully saturated rings. The molecule has 0 amide bonds. The van der Waals surface area contributed by atoms with E-state index in [9.17, 15) is 4.79 Å². The number of piperidine rings is 1. The number of thiocarbonyl (C=S) groups is 1. The SMILES string of the molecule is O=C(Oc1cccc(C(=S)N2CCCCC2)c1)c1ccccc1Cl. The summed E-state index contributed by atoms with van der Waals surface area (Å²) in [5.41, 5.74) is 1.25. The molecule has 5 heteroatoms. The van der Waals surface area contributed by atoms with E-state index in [0.29, 0.717) is 16.3 Å². The Morgan fingerprint density at radius 2 is 1.79 bits per heavy atom. The molecule has 0 saturated carbocycles. The molecule has 0 unspecified atom stereocenters. The van der Waals surface area contributed by atoms with E-state index in [1.807, 2.05) is 18.2 Å². The van der Waals surface area contributed by atoms with Gasteiger partial charge in [-0.15, -0.1) is 0 Å². The first-order valence-corrected chi connectivity index (χ1v) is 8.80. The van der Waals surface area contributed by atoms with Gasteiger partial charge in [-0.3, -0.25) is 0 Å². The van der Waals surface area contributed by atoms with E-state index in [2.05, 4.69) is 4.90 Å². The van der Waals surface area contributed by atoms with Gasteiger partial charge in [0.15, 0.2) is 0 Å². The van der Waals surface area contributed by atoms with Gasteiger partial charge >= 0.3 is 5.97 Å². The van der Waals surface area contributed by atoms with Crippen LogP contribution in [0.15, 0.2) is 48.5 Å². The van der Waals surface area contributed by atoms with Crippen LogP contribution in [0.2, 0.25) is 5.02 Å². The third-order valence-electron chi connectivity index (χ3n) is 4.03. The minimum Gasteiger partial charge on any atom is -0.423 e. The molecule has 2 aromatic rings.